The number of hydrogen-bond donors (Lipinski definition) is 1. The number of rotatable bonds is 3. The molecule has 0 saturated carbocycles. The van der Waals surface area contributed by atoms with Crippen LogP contribution in [0.5, 0.6) is 0 Å². The number of nitrogens with zero attached hydrogens (tertiary/aromatic N) is 3. The van der Waals surface area contributed by atoms with E-state index in [1.165, 1.54) is 12.1 Å². The van der Waals surface area contributed by atoms with Crippen LogP contribution in [0.15, 0.2) is 34.9 Å². The monoisotopic (exact) mass is 286 g/mol. The Morgan fingerprint density at radius 1 is 1.19 bits per heavy atom. The molecule has 3 aromatic rings. The summed E-state index contributed by atoms with van der Waals surface area (Å²) >= 11 is 0. The third kappa shape index (κ3) is 2.79. The highest BCUT2D eigenvalue weighted by atomic mass is 19.1. The summed E-state index contributed by atoms with van der Waals surface area (Å²) in [6, 6.07) is 8.39. The SMILES string of the molecule is N#Cc1ccc(-c2nc(Cc3cc(F)cc(F)c3)no2)[nH]1. The van der Waals surface area contributed by atoms with Crippen LogP contribution in [-0.2, 0) is 6.42 Å². The smallest absolute Gasteiger partial charge is 0.274 e. The molecule has 5 nitrogen and oxygen atoms in total. The molecule has 0 aliphatic rings. The second kappa shape index (κ2) is 5.17. The van der Waals surface area contributed by atoms with Crippen molar-refractivity contribution in [3.8, 4) is 17.7 Å². The van der Waals surface area contributed by atoms with E-state index >= 15 is 0 Å². The van der Waals surface area contributed by atoms with E-state index in [1.54, 1.807) is 12.1 Å². The summed E-state index contributed by atoms with van der Waals surface area (Å²) in [4.78, 5) is 6.92. The van der Waals surface area contributed by atoms with E-state index < -0.39 is 11.6 Å². The minimum absolute atomic E-state index is 0.143. The molecule has 0 amide bonds. The van der Waals surface area contributed by atoms with Gasteiger partial charge in [0.05, 0.1) is 0 Å². The summed E-state index contributed by atoms with van der Waals surface area (Å²) in [5.74, 6) is -0.806. The van der Waals surface area contributed by atoms with E-state index in [4.69, 9.17) is 9.78 Å². The van der Waals surface area contributed by atoms with Crippen molar-refractivity contribution < 1.29 is 13.3 Å². The minimum atomic E-state index is -0.656. The van der Waals surface area contributed by atoms with Gasteiger partial charge in [0.15, 0.2) is 5.82 Å². The molecule has 0 bridgehead atoms. The molecule has 1 N–H and O–H groups in total. The fourth-order valence-electron chi connectivity index (χ4n) is 1.92. The quantitative estimate of drug-likeness (QED) is 0.803. The van der Waals surface area contributed by atoms with Gasteiger partial charge in [0.2, 0.25) is 0 Å². The average molecular weight is 286 g/mol. The van der Waals surface area contributed by atoms with Crippen molar-refractivity contribution in [2.75, 3.05) is 0 Å². The Morgan fingerprint density at radius 2 is 1.95 bits per heavy atom. The van der Waals surface area contributed by atoms with Crippen molar-refractivity contribution in [2.45, 2.75) is 6.42 Å². The summed E-state index contributed by atoms with van der Waals surface area (Å²) in [6.45, 7) is 0. The predicted octanol–water partition coefficient (Wildman–Crippen LogP) is 2.81. The standard InChI is InChI=1S/C14H8F2N4O/c15-9-3-8(4-10(16)6-9)5-13-19-14(21-20-13)12-2-1-11(7-17)18-12/h1-4,6,18H,5H2. The van der Waals surface area contributed by atoms with Gasteiger partial charge in [-0.1, -0.05) is 5.16 Å². The van der Waals surface area contributed by atoms with Gasteiger partial charge in [-0.2, -0.15) is 10.2 Å². The van der Waals surface area contributed by atoms with Gasteiger partial charge in [-0.05, 0) is 29.8 Å². The zero-order chi connectivity index (χ0) is 14.8. The highest BCUT2D eigenvalue weighted by molar-refractivity contribution is 5.49. The zero-order valence-electron chi connectivity index (χ0n) is 10.6. The topological polar surface area (TPSA) is 78.5 Å². The molecule has 0 aliphatic heterocycles. The van der Waals surface area contributed by atoms with Crippen molar-refractivity contribution in [3.63, 3.8) is 0 Å². The third-order valence-corrected chi connectivity index (χ3v) is 2.79. The van der Waals surface area contributed by atoms with Gasteiger partial charge in [0.1, 0.15) is 29.1 Å². The highest BCUT2D eigenvalue weighted by Gasteiger charge is 2.12. The van der Waals surface area contributed by atoms with Gasteiger partial charge in [-0.25, -0.2) is 8.78 Å². The Kier molecular flexibility index (Phi) is 3.20. The molecule has 21 heavy (non-hydrogen) atoms. The molecule has 2 heterocycles. The zero-order valence-corrected chi connectivity index (χ0v) is 10.6. The Morgan fingerprint density at radius 3 is 2.62 bits per heavy atom. The molecule has 104 valence electrons. The molecule has 0 unspecified atom stereocenters. The van der Waals surface area contributed by atoms with Crippen LogP contribution in [0.3, 0.4) is 0 Å². The second-order valence-electron chi connectivity index (χ2n) is 4.37. The minimum Gasteiger partial charge on any atom is -0.342 e. The number of hydrogen-bond acceptors (Lipinski definition) is 4. The molecule has 0 atom stereocenters. The van der Waals surface area contributed by atoms with E-state index in [0.717, 1.165) is 6.07 Å². The lowest BCUT2D eigenvalue weighted by atomic mass is 10.1. The molecule has 7 heteroatoms. The van der Waals surface area contributed by atoms with Crippen LogP contribution in [0.2, 0.25) is 0 Å². The maximum Gasteiger partial charge on any atom is 0.274 e. The Bertz CT molecular complexity index is 811. The Labute approximate surface area is 117 Å². The van der Waals surface area contributed by atoms with E-state index in [2.05, 4.69) is 15.1 Å². The number of halogens is 2. The molecule has 0 aliphatic carbocycles. The van der Waals surface area contributed by atoms with Gasteiger partial charge < -0.3 is 9.51 Å². The number of H-pyrrole nitrogens is 1. The lowest BCUT2D eigenvalue weighted by Crippen LogP contribution is -1.93. The third-order valence-electron chi connectivity index (χ3n) is 2.79. The van der Waals surface area contributed by atoms with Crippen molar-refractivity contribution in [3.05, 3.63) is 59.0 Å². The van der Waals surface area contributed by atoms with Gasteiger partial charge in [0, 0.05) is 12.5 Å². The first kappa shape index (κ1) is 13.0. The summed E-state index contributed by atoms with van der Waals surface area (Å²) < 4.78 is 31.3. The van der Waals surface area contributed by atoms with Crippen LogP contribution in [-0.4, -0.2) is 15.1 Å². The summed E-state index contributed by atoms with van der Waals surface area (Å²) in [5, 5.41) is 12.5. The molecule has 3 rings (SSSR count). The fourth-order valence-corrected chi connectivity index (χ4v) is 1.92. The number of nitriles is 1. The predicted molar refractivity (Wildman–Crippen MR) is 68.0 cm³/mol. The molecule has 2 aromatic heterocycles. The summed E-state index contributed by atoms with van der Waals surface area (Å²) in [6.07, 6.45) is 0.143. The van der Waals surface area contributed by atoms with Crippen molar-refractivity contribution in [1.29, 1.82) is 5.26 Å². The largest absolute Gasteiger partial charge is 0.342 e. The van der Waals surface area contributed by atoms with Crippen LogP contribution < -0.4 is 0 Å². The Hall–Kier alpha value is -3.01. The van der Waals surface area contributed by atoms with Crippen LogP contribution in [0.4, 0.5) is 8.78 Å². The molecule has 0 spiro atoms. The van der Waals surface area contributed by atoms with Crippen LogP contribution in [0.25, 0.3) is 11.6 Å². The van der Waals surface area contributed by atoms with E-state index in [9.17, 15) is 8.78 Å². The van der Waals surface area contributed by atoms with E-state index in [0.29, 0.717) is 22.8 Å². The lowest BCUT2D eigenvalue weighted by Gasteiger charge is -1.97. The van der Waals surface area contributed by atoms with Gasteiger partial charge >= 0.3 is 0 Å². The lowest BCUT2D eigenvalue weighted by molar-refractivity contribution is 0.422. The summed E-state index contributed by atoms with van der Waals surface area (Å²) in [7, 11) is 0. The summed E-state index contributed by atoms with van der Waals surface area (Å²) in [5.41, 5.74) is 1.29. The van der Waals surface area contributed by atoms with Crippen molar-refractivity contribution >= 4 is 0 Å². The molecular formula is C14H8F2N4O. The molecule has 0 fully saturated rings. The molecule has 0 saturated heterocycles. The number of aromatic amines is 1. The average Bonchev–Trinajstić information content (AvgIpc) is 3.05. The number of nitrogens with one attached hydrogen (secondary N) is 1. The van der Waals surface area contributed by atoms with Gasteiger partial charge in [0.25, 0.3) is 5.89 Å². The maximum absolute atomic E-state index is 13.1. The second-order valence-corrected chi connectivity index (χ2v) is 4.37. The first-order valence-corrected chi connectivity index (χ1v) is 6.01. The first-order valence-electron chi connectivity index (χ1n) is 6.01. The molecular weight excluding hydrogens is 278 g/mol. The van der Waals surface area contributed by atoms with Gasteiger partial charge in [-0.3, -0.25) is 0 Å². The Balaban J connectivity index is 1.83. The normalized spacial score (nSPS) is 10.5. The van der Waals surface area contributed by atoms with E-state index in [-0.39, 0.29) is 12.3 Å². The van der Waals surface area contributed by atoms with Crippen LogP contribution in [0.1, 0.15) is 17.1 Å². The maximum atomic E-state index is 13.1. The highest BCUT2D eigenvalue weighted by Crippen LogP contribution is 2.18. The van der Waals surface area contributed by atoms with Gasteiger partial charge in [-0.15, -0.1) is 0 Å². The molecule has 1 aromatic carbocycles. The molecule has 0 radical (unpaired) electrons. The number of aromatic nitrogens is 3. The van der Waals surface area contributed by atoms with Crippen molar-refractivity contribution in [1.82, 2.24) is 15.1 Å². The van der Waals surface area contributed by atoms with Crippen molar-refractivity contribution in [2.24, 2.45) is 0 Å². The fraction of sp³-hybridized carbons (Fsp3) is 0.0714. The van der Waals surface area contributed by atoms with Crippen LogP contribution >= 0.6 is 0 Å². The van der Waals surface area contributed by atoms with E-state index in [1.807, 2.05) is 6.07 Å². The first-order chi connectivity index (χ1) is 10.1. The number of benzene rings is 1. The van der Waals surface area contributed by atoms with Crippen LogP contribution in [0, 0.1) is 23.0 Å².